The summed E-state index contributed by atoms with van der Waals surface area (Å²) in [7, 11) is 0. The number of hydrogen-bond acceptors (Lipinski definition) is 3. The zero-order valence-electron chi connectivity index (χ0n) is 12.6. The molecule has 0 bridgehead atoms. The summed E-state index contributed by atoms with van der Waals surface area (Å²) in [5.74, 6) is 0.589. The van der Waals surface area contributed by atoms with Crippen LogP contribution < -0.4 is 11.1 Å². The van der Waals surface area contributed by atoms with Crippen LogP contribution in [0.4, 0.5) is 0 Å². The minimum atomic E-state index is -0.476. The lowest BCUT2D eigenvalue weighted by Crippen LogP contribution is -2.61. The first-order chi connectivity index (χ1) is 10.2. The number of primary amides is 1. The van der Waals surface area contributed by atoms with Crippen LogP contribution in [0.3, 0.4) is 0 Å². The molecule has 4 heteroatoms. The van der Waals surface area contributed by atoms with Crippen LogP contribution in [0.5, 0.6) is 0 Å². The molecule has 114 valence electrons. The molecule has 21 heavy (non-hydrogen) atoms. The Balaban J connectivity index is 1.55. The van der Waals surface area contributed by atoms with Crippen molar-refractivity contribution in [1.82, 2.24) is 10.2 Å². The lowest BCUT2D eigenvalue weighted by Gasteiger charge is -2.40. The standard InChI is InChI=1S/C17H25N3O/c18-16(21)17(19-12-14-6-7-14)8-10-20(11-9-17)13-15-4-2-1-3-5-15/h1-5,14,19H,6-13H2,(H2,18,21). The molecule has 0 aromatic heterocycles. The molecule has 2 aliphatic rings. The van der Waals surface area contributed by atoms with Crippen molar-refractivity contribution in [3.63, 3.8) is 0 Å². The summed E-state index contributed by atoms with van der Waals surface area (Å²) in [6, 6.07) is 10.5. The Morgan fingerprint density at radius 3 is 2.48 bits per heavy atom. The van der Waals surface area contributed by atoms with Crippen molar-refractivity contribution >= 4 is 5.91 Å². The number of nitrogens with two attached hydrogens (primary N) is 1. The number of rotatable bonds is 6. The predicted molar refractivity (Wildman–Crippen MR) is 83.6 cm³/mol. The topological polar surface area (TPSA) is 58.4 Å². The van der Waals surface area contributed by atoms with Gasteiger partial charge in [0.2, 0.25) is 5.91 Å². The monoisotopic (exact) mass is 287 g/mol. The van der Waals surface area contributed by atoms with Crippen LogP contribution in [0, 0.1) is 5.92 Å². The third-order valence-electron chi connectivity index (χ3n) is 4.86. The van der Waals surface area contributed by atoms with E-state index in [1.807, 2.05) is 6.07 Å². The maximum Gasteiger partial charge on any atom is 0.237 e. The van der Waals surface area contributed by atoms with Gasteiger partial charge in [-0.2, -0.15) is 0 Å². The third-order valence-corrected chi connectivity index (χ3v) is 4.86. The minimum absolute atomic E-state index is 0.178. The molecule has 3 N–H and O–H groups in total. The average Bonchev–Trinajstić information content (AvgIpc) is 3.32. The van der Waals surface area contributed by atoms with Crippen LogP contribution in [0.25, 0.3) is 0 Å². The molecule has 3 rings (SSSR count). The van der Waals surface area contributed by atoms with Crippen LogP contribution >= 0.6 is 0 Å². The Kier molecular flexibility index (Phi) is 4.27. The van der Waals surface area contributed by atoms with Gasteiger partial charge in [0.05, 0.1) is 0 Å². The highest BCUT2D eigenvalue weighted by Gasteiger charge is 2.40. The second-order valence-corrected chi connectivity index (χ2v) is 6.53. The van der Waals surface area contributed by atoms with Crippen molar-refractivity contribution in [2.45, 2.75) is 37.8 Å². The lowest BCUT2D eigenvalue weighted by atomic mass is 9.86. The number of hydrogen-bond donors (Lipinski definition) is 2. The summed E-state index contributed by atoms with van der Waals surface area (Å²) in [6.07, 6.45) is 4.23. The van der Waals surface area contributed by atoms with Gasteiger partial charge in [-0.05, 0) is 43.7 Å². The van der Waals surface area contributed by atoms with Gasteiger partial charge in [-0.1, -0.05) is 30.3 Å². The molecule has 1 aromatic carbocycles. The molecule has 2 fully saturated rings. The number of nitrogens with zero attached hydrogens (tertiary/aromatic N) is 1. The first-order valence-corrected chi connectivity index (χ1v) is 7.99. The molecule has 0 spiro atoms. The van der Waals surface area contributed by atoms with Gasteiger partial charge in [0.25, 0.3) is 0 Å². The number of amides is 1. The summed E-state index contributed by atoms with van der Waals surface area (Å²) >= 11 is 0. The fourth-order valence-electron chi connectivity index (χ4n) is 3.11. The van der Waals surface area contributed by atoms with Crippen molar-refractivity contribution in [2.75, 3.05) is 19.6 Å². The molecule has 1 heterocycles. The smallest absolute Gasteiger partial charge is 0.237 e. The van der Waals surface area contributed by atoms with Gasteiger partial charge >= 0.3 is 0 Å². The Hall–Kier alpha value is -1.39. The van der Waals surface area contributed by atoms with Crippen LogP contribution in [-0.4, -0.2) is 36.0 Å². The number of piperidine rings is 1. The molecule has 1 saturated heterocycles. The molecule has 0 atom stereocenters. The van der Waals surface area contributed by atoms with E-state index in [9.17, 15) is 4.79 Å². The molecule has 0 unspecified atom stereocenters. The van der Waals surface area contributed by atoms with E-state index in [0.717, 1.165) is 44.9 Å². The van der Waals surface area contributed by atoms with Gasteiger partial charge in [-0.3, -0.25) is 9.69 Å². The molecular formula is C17H25N3O. The van der Waals surface area contributed by atoms with E-state index in [1.54, 1.807) is 0 Å². The molecule has 0 radical (unpaired) electrons. The summed E-state index contributed by atoms with van der Waals surface area (Å²) < 4.78 is 0. The van der Waals surface area contributed by atoms with Crippen molar-refractivity contribution in [2.24, 2.45) is 11.7 Å². The first kappa shape index (κ1) is 14.5. The lowest BCUT2D eigenvalue weighted by molar-refractivity contribution is -0.126. The number of likely N-dealkylation sites (tertiary alicyclic amines) is 1. The summed E-state index contributed by atoms with van der Waals surface area (Å²) in [6.45, 7) is 3.75. The normalized spacial score (nSPS) is 22.1. The van der Waals surface area contributed by atoms with Crippen LogP contribution in [0.1, 0.15) is 31.2 Å². The van der Waals surface area contributed by atoms with Gasteiger partial charge in [0.15, 0.2) is 0 Å². The van der Waals surface area contributed by atoms with Crippen molar-refractivity contribution in [3.8, 4) is 0 Å². The molecule has 1 aliphatic heterocycles. The first-order valence-electron chi connectivity index (χ1n) is 7.99. The molecular weight excluding hydrogens is 262 g/mol. The van der Waals surface area contributed by atoms with E-state index in [0.29, 0.717) is 0 Å². The van der Waals surface area contributed by atoms with E-state index in [4.69, 9.17) is 5.73 Å². The summed E-state index contributed by atoms with van der Waals surface area (Å²) in [4.78, 5) is 14.3. The van der Waals surface area contributed by atoms with E-state index in [-0.39, 0.29) is 5.91 Å². The maximum absolute atomic E-state index is 11.9. The van der Waals surface area contributed by atoms with E-state index >= 15 is 0 Å². The second-order valence-electron chi connectivity index (χ2n) is 6.53. The Morgan fingerprint density at radius 1 is 1.24 bits per heavy atom. The molecule has 1 aliphatic carbocycles. The highest BCUT2D eigenvalue weighted by atomic mass is 16.1. The molecule has 1 saturated carbocycles. The highest BCUT2D eigenvalue weighted by molar-refractivity contribution is 5.84. The zero-order valence-corrected chi connectivity index (χ0v) is 12.6. The van der Waals surface area contributed by atoms with Gasteiger partial charge < -0.3 is 11.1 Å². The summed E-state index contributed by atoms with van der Waals surface area (Å²) in [5.41, 5.74) is 6.54. The van der Waals surface area contributed by atoms with Crippen molar-refractivity contribution in [1.29, 1.82) is 0 Å². The highest BCUT2D eigenvalue weighted by Crippen LogP contribution is 2.30. The zero-order chi connectivity index (χ0) is 14.7. The van der Waals surface area contributed by atoms with Gasteiger partial charge in [-0.25, -0.2) is 0 Å². The quantitative estimate of drug-likeness (QED) is 0.834. The Labute approximate surface area is 126 Å². The second kappa shape index (κ2) is 6.16. The summed E-state index contributed by atoms with van der Waals surface area (Å²) in [5, 5.41) is 3.48. The van der Waals surface area contributed by atoms with E-state index < -0.39 is 5.54 Å². The van der Waals surface area contributed by atoms with Gasteiger partial charge in [0, 0.05) is 19.6 Å². The molecule has 1 amide bonds. The average molecular weight is 287 g/mol. The van der Waals surface area contributed by atoms with Crippen LogP contribution in [-0.2, 0) is 11.3 Å². The van der Waals surface area contributed by atoms with Crippen LogP contribution in [0.2, 0.25) is 0 Å². The Morgan fingerprint density at radius 2 is 1.90 bits per heavy atom. The number of carbonyl (C=O) groups is 1. The SMILES string of the molecule is NC(=O)C1(NCC2CC2)CCN(Cc2ccccc2)CC1. The molecule has 4 nitrogen and oxygen atoms in total. The largest absolute Gasteiger partial charge is 0.368 e. The van der Waals surface area contributed by atoms with E-state index in [1.165, 1.54) is 18.4 Å². The van der Waals surface area contributed by atoms with Crippen LogP contribution in [0.15, 0.2) is 30.3 Å². The fourth-order valence-corrected chi connectivity index (χ4v) is 3.11. The van der Waals surface area contributed by atoms with Gasteiger partial charge in [0.1, 0.15) is 5.54 Å². The maximum atomic E-state index is 11.9. The van der Waals surface area contributed by atoms with E-state index in [2.05, 4.69) is 34.5 Å². The van der Waals surface area contributed by atoms with Gasteiger partial charge in [-0.15, -0.1) is 0 Å². The molecule has 1 aromatic rings. The number of carbonyl (C=O) groups excluding carboxylic acids is 1. The third kappa shape index (κ3) is 3.63. The number of nitrogens with one attached hydrogen (secondary N) is 1. The fraction of sp³-hybridized carbons (Fsp3) is 0.588. The number of benzene rings is 1. The minimum Gasteiger partial charge on any atom is -0.368 e. The predicted octanol–water partition coefficient (Wildman–Crippen LogP) is 1.51. The Bertz CT molecular complexity index is 476. The van der Waals surface area contributed by atoms with Crippen molar-refractivity contribution in [3.05, 3.63) is 35.9 Å². The van der Waals surface area contributed by atoms with Crippen molar-refractivity contribution < 1.29 is 4.79 Å².